The summed E-state index contributed by atoms with van der Waals surface area (Å²) in [6, 6.07) is 23.3. The van der Waals surface area contributed by atoms with Gasteiger partial charge in [-0.1, -0.05) is 69.3 Å². The average molecular weight is 388 g/mol. The van der Waals surface area contributed by atoms with E-state index in [0.29, 0.717) is 17.8 Å². The molecule has 0 unspecified atom stereocenters. The van der Waals surface area contributed by atoms with Crippen LogP contribution in [0.3, 0.4) is 0 Å². The Morgan fingerprint density at radius 1 is 0.931 bits per heavy atom. The molecule has 0 radical (unpaired) electrons. The Balaban J connectivity index is 1.99. The van der Waals surface area contributed by atoms with Gasteiger partial charge in [-0.25, -0.2) is 0 Å². The minimum Gasteiger partial charge on any atom is -0.304 e. The molecule has 0 atom stereocenters. The van der Waals surface area contributed by atoms with E-state index >= 15 is 0 Å². The molecule has 3 aromatic rings. The van der Waals surface area contributed by atoms with Gasteiger partial charge in [0.1, 0.15) is 0 Å². The monoisotopic (exact) mass is 388 g/mol. The molecule has 0 fully saturated rings. The zero-order chi connectivity index (χ0) is 21.0. The fourth-order valence-corrected chi connectivity index (χ4v) is 3.09. The number of non-ortho nitro benzene ring substituents is 1. The summed E-state index contributed by atoms with van der Waals surface area (Å²) in [6.07, 6.45) is 0. The van der Waals surface area contributed by atoms with Gasteiger partial charge in [0.2, 0.25) is 0 Å². The minimum absolute atomic E-state index is 0.00859. The first-order chi connectivity index (χ1) is 13.8. The van der Waals surface area contributed by atoms with Crippen LogP contribution in [0.1, 0.15) is 42.3 Å². The van der Waals surface area contributed by atoms with E-state index in [1.807, 2.05) is 54.6 Å². The summed E-state index contributed by atoms with van der Waals surface area (Å²) < 4.78 is 0. The SMILES string of the molecule is CC(C)(C)c1ccc(C(=O)N(Cc2ccccc2)c2cccc([N+](=O)[O-])c2)cc1. The van der Waals surface area contributed by atoms with E-state index in [2.05, 4.69) is 20.8 Å². The molecule has 0 aromatic heterocycles. The Hall–Kier alpha value is -3.47. The second-order valence-electron chi connectivity index (χ2n) is 7.98. The molecule has 0 aliphatic rings. The number of nitrogens with zero attached hydrogens (tertiary/aromatic N) is 2. The van der Waals surface area contributed by atoms with Crippen molar-refractivity contribution in [1.29, 1.82) is 0 Å². The number of anilines is 1. The highest BCUT2D eigenvalue weighted by Crippen LogP contribution is 2.26. The molecule has 0 heterocycles. The Labute approximate surface area is 170 Å². The van der Waals surface area contributed by atoms with E-state index in [1.165, 1.54) is 12.1 Å². The van der Waals surface area contributed by atoms with Crippen molar-refractivity contribution in [2.45, 2.75) is 32.7 Å². The molecule has 0 aliphatic heterocycles. The number of carbonyl (C=O) groups excluding carboxylic acids is 1. The predicted octanol–water partition coefficient (Wildman–Crippen LogP) is 5.74. The molecule has 0 spiro atoms. The summed E-state index contributed by atoms with van der Waals surface area (Å²) in [4.78, 5) is 25.7. The van der Waals surface area contributed by atoms with Crippen molar-refractivity contribution < 1.29 is 9.72 Å². The maximum Gasteiger partial charge on any atom is 0.271 e. The zero-order valence-corrected chi connectivity index (χ0v) is 16.8. The van der Waals surface area contributed by atoms with Crippen molar-refractivity contribution in [3.63, 3.8) is 0 Å². The summed E-state index contributed by atoms with van der Waals surface area (Å²) in [6.45, 7) is 6.68. The number of nitro benzene ring substituents is 1. The third kappa shape index (κ3) is 4.88. The lowest BCUT2D eigenvalue weighted by Crippen LogP contribution is -2.30. The van der Waals surface area contributed by atoms with Crippen molar-refractivity contribution in [2.24, 2.45) is 0 Å². The molecular weight excluding hydrogens is 364 g/mol. The summed E-state index contributed by atoms with van der Waals surface area (Å²) in [7, 11) is 0. The van der Waals surface area contributed by atoms with Crippen LogP contribution in [0.2, 0.25) is 0 Å². The Morgan fingerprint density at radius 2 is 1.59 bits per heavy atom. The normalized spacial score (nSPS) is 11.1. The predicted molar refractivity (Wildman–Crippen MR) is 115 cm³/mol. The van der Waals surface area contributed by atoms with Gasteiger partial charge in [-0.15, -0.1) is 0 Å². The standard InChI is InChI=1S/C24H24N2O3/c1-24(2,3)20-14-12-19(13-15-20)23(27)25(17-18-8-5-4-6-9-18)21-10-7-11-22(16-21)26(28)29/h4-16H,17H2,1-3H3. The van der Waals surface area contributed by atoms with E-state index in [-0.39, 0.29) is 17.0 Å². The summed E-state index contributed by atoms with van der Waals surface area (Å²) in [5, 5.41) is 11.2. The van der Waals surface area contributed by atoms with Gasteiger partial charge in [0.25, 0.3) is 11.6 Å². The van der Waals surface area contributed by atoms with Gasteiger partial charge in [-0.2, -0.15) is 0 Å². The van der Waals surface area contributed by atoms with Crippen LogP contribution in [0.25, 0.3) is 0 Å². The first kappa shape index (κ1) is 20.3. The largest absolute Gasteiger partial charge is 0.304 e. The molecule has 148 valence electrons. The third-order valence-electron chi connectivity index (χ3n) is 4.78. The smallest absolute Gasteiger partial charge is 0.271 e. The number of hydrogen-bond donors (Lipinski definition) is 0. The molecule has 1 amide bonds. The van der Waals surface area contributed by atoms with Crippen LogP contribution in [-0.2, 0) is 12.0 Å². The Morgan fingerprint density at radius 3 is 2.17 bits per heavy atom. The summed E-state index contributed by atoms with van der Waals surface area (Å²) >= 11 is 0. The zero-order valence-electron chi connectivity index (χ0n) is 16.8. The van der Waals surface area contributed by atoms with Crippen molar-refractivity contribution in [1.82, 2.24) is 0 Å². The number of nitro groups is 1. The summed E-state index contributed by atoms with van der Waals surface area (Å²) in [5.74, 6) is -0.199. The molecule has 29 heavy (non-hydrogen) atoms. The lowest BCUT2D eigenvalue weighted by molar-refractivity contribution is -0.384. The topological polar surface area (TPSA) is 63.5 Å². The van der Waals surface area contributed by atoms with E-state index in [1.54, 1.807) is 17.0 Å². The van der Waals surface area contributed by atoms with Gasteiger partial charge in [0, 0.05) is 17.7 Å². The molecule has 5 heteroatoms. The van der Waals surface area contributed by atoms with E-state index in [4.69, 9.17) is 0 Å². The van der Waals surface area contributed by atoms with Gasteiger partial charge in [0.05, 0.1) is 17.2 Å². The molecule has 0 saturated carbocycles. The second-order valence-corrected chi connectivity index (χ2v) is 7.98. The van der Waals surface area contributed by atoms with E-state index < -0.39 is 4.92 Å². The highest BCUT2D eigenvalue weighted by Gasteiger charge is 2.21. The van der Waals surface area contributed by atoms with Crippen LogP contribution in [0.4, 0.5) is 11.4 Å². The van der Waals surface area contributed by atoms with Crippen LogP contribution in [-0.4, -0.2) is 10.8 Å². The van der Waals surface area contributed by atoms with Crippen molar-refractivity contribution >= 4 is 17.3 Å². The van der Waals surface area contributed by atoms with E-state index in [9.17, 15) is 14.9 Å². The van der Waals surface area contributed by atoms with Gasteiger partial charge in [-0.3, -0.25) is 14.9 Å². The average Bonchev–Trinajstić information content (AvgIpc) is 2.72. The van der Waals surface area contributed by atoms with Gasteiger partial charge >= 0.3 is 0 Å². The van der Waals surface area contributed by atoms with Gasteiger partial charge in [0.15, 0.2) is 0 Å². The number of rotatable bonds is 5. The van der Waals surface area contributed by atoms with Crippen molar-refractivity contribution in [3.8, 4) is 0 Å². The lowest BCUT2D eigenvalue weighted by atomic mass is 9.86. The molecule has 3 aromatic carbocycles. The summed E-state index contributed by atoms with van der Waals surface area (Å²) in [5.41, 5.74) is 3.06. The maximum atomic E-state index is 13.3. The van der Waals surface area contributed by atoms with Crippen LogP contribution in [0, 0.1) is 10.1 Å². The number of benzene rings is 3. The molecular formula is C24H24N2O3. The highest BCUT2D eigenvalue weighted by molar-refractivity contribution is 6.06. The van der Waals surface area contributed by atoms with Crippen molar-refractivity contribution in [3.05, 3.63) is 106 Å². The van der Waals surface area contributed by atoms with Gasteiger partial charge in [-0.05, 0) is 34.7 Å². The molecule has 0 bridgehead atoms. The molecule has 0 N–H and O–H groups in total. The molecule has 3 rings (SSSR count). The maximum absolute atomic E-state index is 13.3. The highest BCUT2D eigenvalue weighted by atomic mass is 16.6. The fraction of sp³-hybridized carbons (Fsp3) is 0.208. The van der Waals surface area contributed by atoms with Crippen LogP contribution in [0.15, 0.2) is 78.9 Å². The third-order valence-corrected chi connectivity index (χ3v) is 4.78. The number of amides is 1. The van der Waals surface area contributed by atoms with Gasteiger partial charge < -0.3 is 4.90 Å². The fourth-order valence-electron chi connectivity index (χ4n) is 3.09. The Bertz CT molecular complexity index is 1010. The lowest BCUT2D eigenvalue weighted by Gasteiger charge is -2.24. The van der Waals surface area contributed by atoms with Crippen molar-refractivity contribution in [2.75, 3.05) is 4.90 Å². The quantitative estimate of drug-likeness (QED) is 0.413. The first-order valence-corrected chi connectivity index (χ1v) is 9.46. The van der Waals surface area contributed by atoms with Crippen LogP contribution >= 0.6 is 0 Å². The Kier molecular flexibility index (Phi) is 5.78. The second kappa shape index (κ2) is 8.27. The molecule has 5 nitrogen and oxygen atoms in total. The van der Waals surface area contributed by atoms with Crippen LogP contribution < -0.4 is 4.90 Å². The number of carbonyl (C=O) groups is 1. The van der Waals surface area contributed by atoms with E-state index in [0.717, 1.165) is 11.1 Å². The number of hydrogen-bond acceptors (Lipinski definition) is 3. The molecule has 0 saturated heterocycles. The van der Waals surface area contributed by atoms with Crippen LogP contribution in [0.5, 0.6) is 0 Å². The minimum atomic E-state index is -0.452. The first-order valence-electron chi connectivity index (χ1n) is 9.46. The molecule has 0 aliphatic carbocycles.